The predicted octanol–water partition coefficient (Wildman–Crippen LogP) is 2.86. The van der Waals surface area contributed by atoms with Crippen molar-refractivity contribution in [1.82, 2.24) is 0 Å². The Morgan fingerprint density at radius 3 is 2.44 bits per heavy atom. The average molecular weight is 267 g/mol. The minimum absolute atomic E-state index is 0.482. The number of nitrogens with zero attached hydrogens (tertiary/aromatic N) is 1. The second-order valence-corrected chi connectivity index (χ2v) is 6.62. The molecule has 0 radical (unpaired) electrons. The lowest BCUT2D eigenvalue weighted by Crippen LogP contribution is -2.30. The Hall–Kier alpha value is -1.13. The van der Waals surface area contributed by atoms with Crippen molar-refractivity contribution in [2.75, 3.05) is 7.05 Å². The molecule has 0 aliphatic heterocycles. The fraction of sp³-hybridized carbons (Fsp3) is 0.429. The summed E-state index contributed by atoms with van der Waals surface area (Å²) in [5.74, 6) is 0. The Bertz CT molecular complexity index is 500. The smallest absolute Gasteiger partial charge is 0.0910 e. The van der Waals surface area contributed by atoms with E-state index in [0.29, 0.717) is 4.90 Å². The molecule has 0 fully saturated rings. The van der Waals surface area contributed by atoms with Crippen LogP contribution in [0, 0.1) is 0 Å². The fourth-order valence-corrected chi connectivity index (χ4v) is 3.98. The van der Waals surface area contributed by atoms with Crippen LogP contribution in [-0.2, 0) is 9.73 Å². The first-order valence-electron chi connectivity index (χ1n) is 6.10. The van der Waals surface area contributed by atoms with Gasteiger partial charge in [0.25, 0.3) is 0 Å². The normalized spacial score (nSPS) is 18.2. The molecule has 0 bridgehead atoms. The van der Waals surface area contributed by atoms with Crippen LogP contribution >= 0.6 is 0 Å². The van der Waals surface area contributed by atoms with Gasteiger partial charge in [-0.3, -0.25) is 0 Å². The van der Waals surface area contributed by atoms with Gasteiger partial charge in [-0.25, -0.2) is 8.57 Å². The maximum absolute atomic E-state index is 13.0. The van der Waals surface area contributed by atoms with Crippen LogP contribution in [0.1, 0.15) is 20.3 Å². The third-order valence-corrected chi connectivity index (χ3v) is 5.54. The van der Waals surface area contributed by atoms with Crippen molar-refractivity contribution in [2.24, 2.45) is 4.36 Å². The zero-order chi connectivity index (χ0) is 13.6. The van der Waals surface area contributed by atoms with E-state index in [1.807, 2.05) is 37.3 Å². The van der Waals surface area contributed by atoms with Gasteiger partial charge in [-0.15, -0.1) is 0 Å². The zero-order valence-electron chi connectivity index (χ0n) is 11.1. The summed E-state index contributed by atoms with van der Waals surface area (Å²) < 4.78 is 17.1. The highest BCUT2D eigenvalue weighted by molar-refractivity contribution is 7.94. The quantitative estimate of drug-likeness (QED) is 0.834. The standard InChI is InChI=1S/C14H21NO2S/c1-4-5-11-14(12(2)16)18(17,15-3)13-9-7-6-8-10-13/h5-12,14,16H,4H2,1-3H3/b11-5-/t12-,14-,18?/m1/s1. The molecule has 0 aromatic heterocycles. The lowest BCUT2D eigenvalue weighted by atomic mass is 10.2. The molecule has 0 amide bonds. The van der Waals surface area contributed by atoms with Gasteiger partial charge in [0.05, 0.1) is 21.1 Å². The summed E-state index contributed by atoms with van der Waals surface area (Å²) >= 11 is 0. The van der Waals surface area contributed by atoms with Crippen molar-refractivity contribution in [2.45, 2.75) is 36.5 Å². The van der Waals surface area contributed by atoms with Crippen LogP contribution in [0.5, 0.6) is 0 Å². The molecule has 3 nitrogen and oxygen atoms in total. The van der Waals surface area contributed by atoms with E-state index in [4.69, 9.17) is 0 Å². The first-order valence-corrected chi connectivity index (χ1v) is 7.68. The molecule has 4 heteroatoms. The summed E-state index contributed by atoms with van der Waals surface area (Å²) in [7, 11) is -1.08. The fourth-order valence-electron chi connectivity index (χ4n) is 1.80. The van der Waals surface area contributed by atoms with Crippen LogP contribution in [0.4, 0.5) is 0 Å². The molecule has 0 heterocycles. The van der Waals surface area contributed by atoms with Crippen LogP contribution in [0.25, 0.3) is 0 Å². The molecule has 0 saturated carbocycles. The number of rotatable bonds is 5. The topological polar surface area (TPSA) is 49.7 Å². The Balaban J connectivity index is 3.30. The lowest BCUT2D eigenvalue weighted by Gasteiger charge is -2.21. The molecule has 1 aromatic carbocycles. The first-order chi connectivity index (χ1) is 8.56. The summed E-state index contributed by atoms with van der Waals surface area (Å²) in [5, 5.41) is 9.39. The Labute approximate surface area is 110 Å². The number of aliphatic hydroxyl groups is 1. The minimum Gasteiger partial charge on any atom is -0.392 e. The number of hydrogen-bond acceptors (Lipinski definition) is 3. The molecule has 3 atom stereocenters. The van der Waals surface area contributed by atoms with Crippen LogP contribution in [0.2, 0.25) is 0 Å². The van der Waals surface area contributed by atoms with Crippen molar-refractivity contribution < 1.29 is 9.32 Å². The maximum atomic E-state index is 13.0. The largest absolute Gasteiger partial charge is 0.392 e. The molecular formula is C14H21NO2S. The van der Waals surface area contributed by atoms with E-state index < -0.39 is 21.1 Å². The van der Waals surface area contributed by atoms with Crippen LogP contribution < -0.4 is 0 Å². The van der Waals surface area contributed by atoms with Gasteiger partial charge in [0.15, 0.2) is 0 Å². The molecule has 1 N–H and O–H groups in total. The highest BCUT2D eigenvalue weighted by atomic mass is 32.2. The van der Waals surface area contributed by atoms with Crippen LogP contribution in [0.3, 0.4) is 0 Å². The molecular weight excluding hydrogens is 246 g/mol. The van der Waals surface area contributed by atoms with E-state index in [0.717, 1.165) is 6.42 Å². The van der Waals surface area contributed by atoms with Gasteiger partial charge in [-0.05, 0) is 25.5 Å². The molecule has 100 valence electrons. The molecule has 18 heavy (non-hydrogen) atoms. The summed E-state index contributed by atoms with van der Waals surface area (Å²) in [4.78, 5) is 0.666. The van der Waals surface area contributed by atoms with Crippen LogP contribution in [-0.4, -0.2) is 27.7 Å². The van der Waals surface area contributed by atoms with Gasteiger partial charge in [0.1, 0.15) is 0 Å². The van der Waals surface area contributed by atoms with Gasteiger partial charge in [-0.1, -0.05) is 37.3 Å². The molecule has 1 unspecified atom stereocenters. The van der Waals surface area contributed by atoms with Gasteiger partial charge >= 0.3 is 0 Å². The molecule has 0 aliphatic carbocycles. The Kier molecular flexibility index (Phi) is 5.56. The number of hydrogen-bond donors (Lipinski definition) is 1. The second-order valence-electron chi connectivity index (χ2n) is 4.11. The highest BCUT2D eigenvalue weighted by Crippen LogP contribution is 2.22. The SMILES string of the molecule is CC/C=C\[C@H]([C@@H](C)O)S(=O)(=NC)c1ccccc1. The van der Waals surface area contributed by atoms with Crippen molar-refractivity contribution in [3.05, 3.63) is 42.5 Å². The second kappa shape index (κ2) is 6.71. The molecule has 1 aromatic rings. The van der Waals surface area contributed by atoms with Gasteiger partial charge < -0.3 is 5.11 Å². The summed E-state index contributed by atoms with van der Waals surface area (Å²) in [6.07, 6.45) is 3.87. The minimum atomic E-state index is -2.63. The number of aliphatic hydroxyl groups excluding tert-OH is 1. The number of allylic oxidation sites excluding steroid dienone is 1. The molecule has 0 aliphatic rings. The predicted molar refractivity (Wildman–Crippen MR) is 76.1 cm³/mol. The Morgan fingerprint density at radius 2 is 2.00 bits per heavy atom. The van der Waals surface area contributed by atoms with Crippen LogP contribution in [0.15, 0.2) is 51.7 Å². The van der Waals surface area contributed by atoms with E-state index >= 15 is 0 Å². The summed E-state index contributed by atoms with van der Waals surface area (Å²) in [6, 6.07) is 9.14. The summed E-state index contributed by atoms with van der Waals surface area (Å²) in [6.45, 7) is 3.65. The van der Waals surface area contributed by atoms with Gasteiger partial charge in [0, 0.05) is 11.9 Å². The third kappa shape index (κ3) is 3.21. The monoisotopic (exact) mass is 267 g/mol. The summed E-state index contributed by atoms with van der Waals surface area (Å²) in [5.41, 5.74) is 0. The average Bonchev–Trinajstić information content (AvgIpc) is 2.39. The number of benzene rings is 1. The van der Waals surface area contributed by atoms with Gasteiger partial charge in [-0.2, -0.15) is 0 Å². The first kappa shape index (κ1) is 14.9. The van der Waals surface area contributed by atoms with E-state index in [2.05, 4.69) is 4.36 Å². The molecule has 0 saturated heterocycles. The lowest BCUT2D eigenvalue weighted by molar-refractivity contribution is 0.201. The molecule has 1 rings (SSSR count). The third-order valence-electron chi connectivity index (χ3n) is 2.76. The van der Waals surface area contributed by atoms with Crippen molar-refractivity contribution in [3.8, 4) is 0 Å². The zero-order valence-corrected chi connectivity index (χ0v) is 11.9. The maximum Gasteiger partial charge on any atom is 0.0910 e. The molecule has 0 spiro atoms. The highest BCUT2D eigenvalue weighted by Gasteiger charge is 2.26. The van der Waals surface area contributed by atoms with Crippen molar-refractivity contribution >= 4 is 9.73 Å². The van der Waals surface area contributed by atoms with E-state index in [1.165, 1.54) is 0 Å². The van der Waals surface area contributed by atoms with Crippen molar-refractivity contribution in [3.63, 3.8) is 0 Å². The Morgan fingerprint density at radius 1 is 1.39 bits per heavy atom. The van der Waals surface area contributed by atoms with E-state index in [1.54, 1.807) is 26.1 Å². The van der Waals surface area contributed by atoms with E-state index in [-0.39, 0.29) is 0 Å². The van der Waals surface area contributed by atoms with E-state index in [9.17, 15) is 9.32 Å². The van der Waals surface area contributed by atoms with Gasteiger partial charge in [0.2, 0.25) is 0 Å². The van der Waals surface area contributed by atoms with Crippen molar-refractivity contribution in [1.29, 1.82) is 0 Å².